The topological polar surface area (TPSA) is 130 Å². The van der Waals surface area contributed by atoms with E-state index in [0.29, 0.717) is 31.7 Å². The lowest BCUT2D eigenvalue weighted by Gasteiger charge is -2.24. The van der Waals surface area contributed by atoms with E-state index < -0.39 is 28.5 Å². The largest absolute Gasteiger partial charge is 0.465 e. The third kappa shape index (κ3) is 4.60. The lowest BCUT2D eigenvalue weighted by Crippen LogP contribution is -2.40. The van der Waals surface area contributed by atoms with Gasteiger partial charge in [0.25, 0.3) is 11.2 Å². The van der Waals surface area contributed by atoms with Crippen LogP contribution < -0.4 is 14.9 Å². The summed E-state index contributed by atoms with van der Waals surface area (Å²) in [7, 11) is 1.28. The number of fused-ring (bicyclic) bond motifs is 1. The number of rotatable bonds is 6. The molecular weight excluding hydrogens is 486 g/mol. The highest BCUT2D eigenvalue weighted by Crippen LogP contribution is 2.31. The number of aromatic nitrogens is 1. The standard InChI is InChI=1S/C25H21N3O7S/c1-4-35-24(31)20-14(2)26-25-27(21(20)16-8-10-17(11-9-16)23(30)34-3)22(29)19(36-25)13-15-6-5-7-18(12-15)28(32)33/h5-13,21H,4H2,1-3H3. The first-order valence-corrected chi connectivity index (χ1v) is 11.7. The zero-order valence-corrected chi connectivity index (χ0v) is 20.4. The molecule has 0 saturated carbocycles. The number of carbonyl (C=O) groups is 2. The maximum absolute atomic E-state index is 13.6. The molecule has 36 heavy (non-hydrogen) atoms. The van der Waals surface area contributed by atoms with Gasteiger partial charge in [-0.25, -0.2) is 14.6 Å². The monoisotopic (exact) mass is 507 g/mol. The number of esters is 2. The molecule has 11 heteroatoms. The van der Waals surface area contributed by atoms with Crippen LogP contribution in [0.25, 0.3) is 6.08 Å². The highest BCUT2D eigenvalue weighted by Gasteiger charge is 2.33. The van der Waals surface area contributed by atoms with Crippen LogP contribution >= 0.6 is 11.3 Å². The number of non-ortho nitro benzene ring substituents is 1. The minimum absolute atomic E-state index is 0.0967. The van der Waals surface area contributed by atoms with E-state index in [4.69, 9.17) is 9.47 Å². The van der Waals surface area contributed by atoms with Gasteiger partial charge >= 0.3 is 11.9 Å². The molecule has 0 saturated heterocycles. The second kappa shape index (κ2) is 10.1. The summed E-state index contributed by atoms with van der Waals surface area (Å²) in [5, 5.41) is 11.1. The average Bonchev–Trinajstić information content (AvgIpc) is 3.17. The number of thiazole rings is 1. The van der Waals surface area contributed by atoms with E-state index in [1.165, 1.54) is 29.9 Å². The van der Waals surface area contributed by atoms with E-state index in [1.807, 2.05) is 0 Å². The molecule has 10 nitrogen and oxygen atoms in total. The number of benzene rings is 2. The molecule has 3 aromatic rings. The molecule has 0 radical (unpaired) electrons. The number of methoxy groups -OCH3 is 1. The van der Waals surface area contributed by atoms with Gasteiger partial charge in [0.2, 0.25) is 0 Å². The fourth-order valence-corrected chi connectivity index (χ4v) is 4.95. The average molecular weight is 508 g/mol. The molecular formula is C25H21N3O7S. The van der Waals surface area contributed by atoms with E-state index in [-0.39, 0.29) is 17.9 Å². The fraction of sp³-hybridized carbons (Fsp3) is 0.200. The number of nitro benzene ring substituents is 1. The summed E-state index contributed by atoms with van der Waals surface area (Å²) < 4.78 is 11.7. The van der Waals surface area contributed by atoms with Gasteiger partial charge < -0.3 is 9.47 Å². The molecule has 4 rings (SSSR count). The Morgan fingerprint density at radius 2 is 1.92 bits per heavy atom. The third-order valence-corrected chi connectivity index (χ3v) is 6.53. The second-order valence-electron chi connectivity index (χ2n) is 7.77. The van der Waals surface area contributed by atoms with Crippen LogP contribution in [-0.2, 0) is 14.3 Å². The highest BCUT2D eigenvalue weighted by molar-refractivity contribution is 7.07. The summed E-state index contributed by atoms with van der Waals surface area (Å²) in [4.78, 5) is 53.9. The van der Waals surface area contributed by atoms with Crippen LogP contribution in [0.3, 0.4) is 0 Å². The van der Waals surface area contributed by atoms with Crippen LogP contribution in [-0.4, -0.2) is 35.1 Å². The Balaban J connectivity index is 1.91. The molecule has 1 aliphatic rings. The maximum atomic E-state index is 13.6. The van der Waals surface area contributed by atoms with Crippen molar-refractivity contribution in [3.8, 4) is 0 Å². The van der Waals surface area contributed by atoms with E-state index in [1.54, 1.807) is 50.3 Å². The van der Waals surface area contributed by atoms with Gasteiger partial charge in [-0.3, -0.25) is 19.5 Å². The van der Waals surface area contributed by atoms with Gasteiger partial charge in [0.05, 0.1) is 46.0 Å². The molecule has 184 valence electrons. The van der Waals surface area contributed by atoms with Gasteiger partial charge in [-0.15, -0.1) is 0 Å². The smallest absolute Gasteiger partial charge is 0.338 e. The van der Waals surface area contributed by atoms with E-state index in [0.717, 1.165) is 11.3 Å². The van der Waals surface area contributed by atoms with Gasteiger partial charge in [0.1, 0.15) is 0 Å². The molecule has 0 amide bonds. The summed E-state index contributed by atoms with van der Waals surface area (Å²) in [5.41, 5.74) is 1.47. The maximum Gasteiger partial charge on any atom is 0.338 e. The number of allylic oxidation sites excluding steroid dienone is 1. The second-order valence-corrected chi connectivity index (χ2v) is 8.78. The van der Waals surface area contributed by atoms with Crippen LogP contribution in [0.2, 0.25) is 0 Å². The van der Waals surface area contributed by atoms with Gasteiger partial charge in [0, 0.05) is 12.1 Å². The zero-order chi connectivity index (χ0) is 26.0. The lowest BCUT2D eigenvalue weighted by atomic mass is 9.95. The van der Waals surface area contributed by atoms with Gasteiger partial charge in [-0.05, 0) is 43.2 Å². The van der Waals surface area contributed by atoms with Crippen molar-refractivity contribution in [2.45, 2.75) is 19.9 Å². The van der Waals surface area contributed by atoms with Crippen LogP contribution in [0, 0.1) is 10.1 Å². The first-order chi connectivity index (χ1) is 17.2. The summed E-state index contributed by atoms with van der Waals surface area (Å²) >= 11 is 1.11. The Morgan fingerprint density at radius 1 is 1.19 bits per heavy atom. The molecule has 2 aromatic carbocycles. The normalized spacial score (nSPS) is 15.2. The molecule has 1 atom stereocenters. The number of carbonyl (C=O) groups excluding carboxylic acids is 2. The van der Waals surface area contributed by atoms with Gasteiger partial charge in [-0.1, -0.05) is 35.6 Å². The Kier molecular flexibility index (Phi) is 6.93. The van der Waals surface area contributed by atoms with Crippen molar-refractivity contribution in [1.82, 2.24) is 4.57 Å². The summed E-state index contributed by atoms with van der Waals surface area (Å²) in [5.74, 6) is -1.12. The highest BCUT2D eigenvalue weighted by atomic mass is 32.1. The van der Waals surface area contributed by atoms with Crippen molar-refractivity contribution < 1.29 is 24.0 Å². The Morgan fingerprint density at radius 3 is 2.56 bits per heavy atom. The molecule has 1 aromatic heterocycles. The predicted octanol–water partition coefficient (Wildman–Crippen LogP) is 2.49. The Hall–Kier alpha value is -4.38. The van der Waals surface area contributed by atoms with Crippen LogP contribution in [0.5, 0.6) is 0 Å². The Labute approximate surface area is 208 Å². The van der Waals surface area contributed by atoms with Crippen molar-refractivity contribution in [2.75, 3.05) is 13.7 Å². The molecule has 0 spiro atoms. The van der Waals surface area contributed by atoms with E-state index >= 15 is 0 Å². The predicted molar refractivity (Wildman–Crippen MR) is 131 cm³/mol. The molecule has 0 bridgehead atoms. The van der Waals surface area contributed by atoms with Crippen LogP contribution in [0.1, 0.15) is 41.4 Å². The molecule has 0 fully saturated rings. The van der Waals surface area contributed by atoms with Gasteiger partial charge in [0.15, 0.2) is 4.80 Å². The number of nitrogens with zero attached hydrogens (tertiary/aromatic N) is 3. The van der Waals surface area contributed by atoms with E-state index in [2.05, 4.69) is 4.99 Å². The summed E-state index contributed by atoms with van der Waals surface area (Å²) in [6, 6.07) is 11.5. The lowest BCUT2D eigenvalue weighted by molar-refractivity contribution is -0.384. The fourth-order valence-electron chi connectivity index (χ4n) is 3.91. The van der Waals surface area contributed by atoms with Crippen molar-refractivity contribution >= 4 is 35.0 Å². The molecule has 1 aliphatic heterocycles. The first kappa shape index (κ1) is 24.7. The number of hydrogen-bond donors (Lipinski definition) is 0. The molecule has 2 heterocycles. The Bertz CT molecular complexity index is 1580. The number of nitro groups is 1. The zero-order valence-electron chi connectivity index (χ0n) is 19.6. The third-order valence-electron chi connectivity index (χ3n) is 5.54. The summed E-state index contributed by atoms with van der Waals surface area (Å²) in [6.45, 7) is 3.49. The SMILES string of the molecule is CCOC(=O)C1=C(C)N=c2sc(=Cc3cccc([N+](=O)[O-])c3)c(=O)n2C1c1ccc(C(=O)OC)cc1. The molecule has 0 N–H and O–H groups in total. The quantitative estimate of drug-likeness (QED) is 0.285. The number of hydrogen-bond acceptors (Lipinski definition) is 9. The van der Waals surface area contributed by atoms with Crippen molar-refractivity contribution in [1.29, 1.82) is 0 Å². The van der Waals surface area contributed by atoms with E-state index in [9.17, 15) is 24.5 Å². The van der Waals surface area contributed by atoms with Crippen molar-refractivity contribution in [3.63, 3.8) is 0 Å². The minimum atomic E-state index is -0.848. The molecule has 0 aliphatic carbocycles. The molecule has 1 unspecified atom stereocenters. The van der Waals surface area contributed by atoms with Crippen LogP contribution in [0.15, 0.2) is 69.6 Å². The first-order valence-electron chi connectivity index (χ1n) is 10.9. The van der Waals surface area contributed by atoms with Crippen molar-refractivity contribution in [2.24, 2.45) is 4.99 Å². The van der Waals surface area contributed by atoms with Gasteiger partial charge in [-0.2, -0.15) is 0 Å². The summed E-state index contributed by atoms with van der Waals surface area (Å²) in [6.07, 6.45) is 1.55. The van der Waals surface area contributed by atoms with Crippen molar-refractivity contribution in [3.05, 3.63) is 106 Å². The van der Waals surface area contributed by atoms with Crippen LogP contribution in [0.4, 0.5) is 5.69 Å². The number of ether oxygens (including phenoxy) is 2. The minimum Gasteiger partial charge on any atom is -0.465 e.